The van der Waals surface area contributed by atoms with Crippen molar-refractivity contribution in [3.8, 4) is 0 Å². The summed E-state index contributed by atoms with van der Waals surface area (Å²) in [7, 11) is 0. The zero-order chi connectivity index (χ0) is 6.57. The normalized spacial score (nSPS) is 11.1. The van der Waals surface area contributed by atoms with Gasteiger partial charge in [0.1, 0.15) is 0 Å². The van der Waals surface area contributed by atoms with Crippen LogP contribution in [0.1, 0.15) is 55.4 Å². The third-order valence-electron chi connectivity index (χ3n) is 2.26. The molecule has 90 valence electrons. The molecule has 0 saturated heterocycles. The fourth-order valence-electron chi connectivity index (χ4n) is 0.805. The van der Waals surface area contributed by atoms with Gasteiger partial charge in [0, 0.05) is 113 Å². The van der Waals surface area contributed by atoms with Gasteiger partial charge in [0.2, 0.25) is 0 Å². The Balaban J connectivity index is -0.0000000245. The molecule has 0 nitrogen and oxygen atoms in total. The monoisotopic (exact) mass is 266 g/mol. The van der Waals surface area contributed by atoms with Gasteiger partial charge in [0.15, 0.2) is 0 Å². The summed E-state index contributed by atoms with van der Waals surface area (Å²) in [6.45, 7) is 9.18. The van der Waals surface area contributed by atoms with E-state index in [1.165, 1.54) is 12.8 Å². The molecule has 0 bridgehead atoms. The topological polar surface area (TPSA) is 0 Å². The standard InChI is InChI=1S/C8H18.2CH4.3Ar/c1-5-7(3)8(4)6-2;;;;;/h7-8H,5-6H2,1-4H3;2*1H4;;;. The van der Waals surface area contributed by atoms with Gasteiger partial charge >= 0.3 is 0 Å². The molecule has 0 spiro atoms. The van der Waals surface area contributed by atoms with Crippen molar-refractivity contribution in [1.82, 2.24) is 0 Å². The molecular formula is C10H26Ar3. The number of hydrogen-bond acceptors (Lipinski definition) is 0. The van der Waals surface area contributed by atoms with Crippen molar-refractivity contribution in [2.75, 3.05) is 0 Å². The molecule has 2 unspecified atom stereocenters. The molecule has 0 aromatic carbocycles. The van der Waals surface area contributed by atoms with Crippen LogP contribution in [0.3, 0.4) is 0 Å². The molecule has 0 aromatic rings. The van der Waals surface area contributed by atoms with Crippen LogP contribution in [0.4, 0.5) is 0 Å². The summed E-state index contributed by atoms with van der Waals surface area (Å²) in [6.07, 6.45) is 2.66. The maximum atomic E-state index is 2.33. The van der Waals surface area contributed by atoms with Crippen molar-refractivity contribution in [2.45, 2.75) is 55.4 Å². The Morgan fingerprint density at radius 2 is 0.846 bits per heavy atom. The van der Waals surface area contributed by atoms with Gasteiger partial charge in [0.25, 0.3) is 0 Å². The Labute approximate surface area is 176 Å². The van der Waals surface area contributed by atoms with Crippen LogP contribution in [-0.4, -0.2) is 0 Å². The fraction of sp³-hybridized carbons (Fsp3) is 1.00. The maximum absolute atomic E-state index is 2.33. The van der Waals surface area contributed by atoms with E-state index in [1.54, 1.807) is 0 Å². The minimum absolute atomic E-state index is 0. The van der Waals surface area contributed by atoms with Crippen molar-refractivity contribution < 1.29 is 113 Å². The third kappa shape index (κ3) is 21.6. The van der Waals surface area contributed by atoms with Gasteiger partial charge in [-0.2, -0.15) is 0 Å². The molecule has 0 rings (SSSR count). The Bertz CT molecular complexity index is 50.1. The maximum Gasteiger partial charge on any atom is 0 e. The summed E-state index contributed by atoms with van der Waals surface area (Å²) in [5.74, 6) is 1.83. The van der Waals surface area contributed by atoms with Gasteiger partial charge in [-0.25, -0.2) is 0 Å². The van der Waals surface area contributed by atoms with Gasteiger partial charge < -0.3 is 0 Å². The molecule has 0 saturated carbocycles. The molecule has 2 atom stereocenters. The zero-order valence-electron chi connectivity index (χ0n) is 7.63. The van der Waals surface area contributed by atoms with E-state index in [9.17, 15) is 0 Å². The van der Waals surface area contributed by atoms with Crippen LogP contribution in [0, 0.1) is 125 Å². The molecular weight excluding hydrogens is 240 g/mol. The molecule has 0 aliphatic rings. The molecule has 0 aliphatic heterocycles. The van der Waals surface area contributed by atoms with Gasteiger partial charge in [0.05, 0.1) is 0 Å². The van der Waals surface area contributed by atoms with Gasteiger partial charge in [-0.05, 0) is 11.8 Å². The molecule has 0 aromatic heterocycles. The first kappa shape index (κ1) is 36.0. The van der Waals surface area contributed by atoms with Crippen LogP contribution >= 0.6 is 0 Å². The molecule has 0 N–H and O–H groups in total. The Kier molecular flexibility index (Phi) is 68.7. The largest absolute Gasteiger partial charge is 0.0776 e. The second-order valence-corrected chi connectivity index (χ2v) is 2.77. The zero-order valence-corrected chi connectivity index (χ0v) is 9.75. The summed E-state index contributed by atoms with van der Waals surface area (Å²) in [5.41, 5.74) is 0. The van der Waals surface area contributed by atoms with E-state index in [0.29, 0.717) is 0 Å². The van der Waals surface area contributed by atoms with E-state index in [1.807, 2.05) is 0 Å². The average Bonchev–Trinajstić information content (AvgIpc) is 1.84. The molecule has 3 heteroatoms. The smallest absolute Gasteiger partial charge is 0 e. The van der Waals surface area contributed by atoms with E-state index in [4.69, 9.17) is 0 Å². The molecule has 0 aliphatic carbocycles. The minimum atomic E-state index is 0. The van der Waals surface area contributed by atoms with E-state index < -0.39 is 0 Å². The van der Waals surface area contributed by atoms with E-state index >= 15 is 0 Å². The van der Waals surface area contributed by atoms with Crippen molar-refractivity contribution in [2.24, 2.45) is 11.8 Å². The van der Waals surface area contributed by atoms with Crippen LogP contribution in [0.5, 0.6) is 0 Å². The SMILES string of the molecule is C.C.CCC(C)C(C)CC.[Ar].[Ar].[Ar]. The van der Waals surface area contributed by atoms with E-state index in [0.717, 1.165) is 11.8 Å². The first-order chi connectivity index (χ1) is 3.72. The van der Waals surface area contributed by atoms with Crippen molar-refractivity contribution >= 4 is 0 Å². The predicted molar refractivity (Wildman–Crippen MR) is 52.4 cm³/mol. The Morgan fingerprint density at radius 1 is 0.692 bits per heavy atom. The van der Waals surface area contributed by atoms with Crippen molar-refractivity contribution in [3.63, 3.8) is 0 Å². The van der Waals surface area contributed by atoms with Crippen molar-refractivity contribution in [3.05, 3.63) is 0 Å². The molecule has 0 radical (unpaired) electrons. The van der Waals surface area contributed by atoms with Gasteiger partial charge in [-0.3, -0.25) is 0 Å². The fourth-order valence-corrected chi connectivity index (χ4v) is 0.805. The van der Waals surface area contributed by atoms with Crippen LogP contribution in [-0.2, 0) is 0 Å². The molecule has 0 heterocycles. The average molecular weight is 266 g/mol. The second-order valence-electron chi connectivity index (χ2n) is 2.77. The quantitative estimate of drug-likeness (QED) is 0.712. The van der Waals surface area contributed by atoms with Gasteiger partial charge in [-0.1, -0.05) is 55.4 Å². The summed E-state index contributed by atoms with van der Waals surface area (Å²) < 4.78 is 0. The second kappa shape index (κ2) is 24.8. The minimum Gasteiger partial charge on any atom is -0.0776 e. The molecule has 0 fully saturated rings. The van der Waals surface area contributed by atoms with Gasteiger partial charge in [-0.15, -0.1) is 0 Å². The molecule has 13 heavy (non-hydrogen) atoms. The first-order valence-electron chi connectivity index (χ1n) is 3.72. The number of rotatable bonds is 3. The predicted octanol–water partition coefficient (Wildman–Crippen LogP) is 4.35. The summed E-state index contributed by atoms with van der Waals surface area (Å²) in [5, 5.41) is 0. The summed E-state index contributed by atoms with van der Waals surface area (Å²) in [4.78, 5) is 0. The Morgan fingerprint density at radius 3 is 0.923 bits per heavy atom. The number of hydrogen-bond donors (Lipinski definition) is 0. The summed E-state index contributed by atoms with van der Waals surface area (Å²) >= 11 is 0. The van der Waals surface area contributed by atoms with E-state index in [2.05, 4.69) is 27.7 Å². The van der Waals surface area contributed by atoms with Crippen LogP contribution < -0.4 is 0 Å². The third-order valence-corrected chi connectivity index (χ3v) is 2.26. The van der Waals surface area contributed by atoms with Crippen LogP contribution in [0.25, 0.3) is 0 Å². The molecule has 0 amide bonds. The van der Waals surface area contributed by atoms with Crippen LogP contribution in [0.15, 0.2) is 0 Å². The first-order valence-corrected chi connectivity index (χ1v) is 3.72. The van der Waals surface area contributed by atoms with E-state index in [-0.39, 0.29) is 128 Å². The van der Waals surface area contributed by atoms with Crippen molar-refractivity contribution in [1.29, 1.82) is 0 Å². The summed E-state index contributed by atoms with van der Waals surface area (Å²) in [6, 6.07) is 0. The van der Waals surface area contributed by atoms with Crippen LogP contribution in [0.2, 0.25) is 0 Å². The Hall–Kier alpha value is 3.78.